The van der Waals surface area contributed by atoms with E-state index in [9.17, 15) is 9.59 Å². The van der Waals surface area contributed by atoms with Crippen molar-refractivity contribution in [3.05, 3.63) is 28.3 Å². The monoisotopic (exact) mass is 290 g/mol. The van der Waals surface area contributed by atoms with Crippen molar-refractivity contribution < 1.29 is 14.3 Å². The molecule has 0 aromatic heterocycles. The van der Waals surface area contributed by atoms with Crippen molar-refractivity contribution in [2.75, 3.05) is 7.11 Å². The summed E-state index contributed by atoms with van der Waals surface area (Å²) in [6, 6.07) is 1.65. The smallest absolute Gasteiger partial charge is 0.242 e. The Morgan fingerprint density at radius 2 is 2.10 bits per heavy atom. The molecule has 0 radical (unpaired) electrons. The number of amides is 2. The molecule has 5 nitrogen and oxygen atoms in total. The van der Waals surface area contributed by atoms with Crippen molar-refractivity contribution in [2.45, 2.75) is 46.2 Å². The molecule has 1 fully saturated rings. The summed E-state index contributed by atoms with van der Waals surface area (Å²) in [7, 11) is 1.67. The molecule has 2 amide bonds. The number of nitrogens with one attached hydrogen (secondary N) is 2. The lowest BCUT2D eigenvalue weighted by Crippen LogP contribution is -2.41. The first-order valence-corrected chi connectivity index (χ1v) is 7.14. The molecule has 0 saturated carbocycles. The maximum absolute atomic E-state index is 12.0. The molecule has 0 bridgehead atoms. The van der Waals surface area contributed by atoms with Crippen molar-refractivity contribution in [3.8, 4) is 5.75 Å². The van der Waals surface area contributed by atoms with Gasteiger partial charge in [-0.2, -0.15) is 0 Å². The normalized spacial score (nSPS) is 17.5. The zero-order valence-electron chi connectivity index (χ0n) is 13.0. The Bertz CT molecular complexity index is 581. The highest BCUT2D eigenvalue weighted by atomic mass is 16.5. The molecular weight excluding hydrogens is 268 g/mol. The lowest BCUT2D eigenvalue weighted by Gasteiger charge is -2.17. The van der Waals surface area contributed by atoms with Gasteiger partial charge in [0.15, 0.2) is 0 Å². The average molecular weight is 290 g/mol. The van der Waals surface area contributed by atoms with E-state index >= 15 is 0 Å². The number of aryl methyl sites for hydroxylation is 1. The molecule has 2 N–H and O–H groups in total. The van der Waals surface area contributed by atoms with Gasteiger partial charge in [0.05, 0.1) is 7.11 Å². The molecule has 1 aliphatic rings. The van der Waals surface area contributed by atoms with Crippen molar-refractivity contribution >= 4 is 11.8 Å². The van der Waals surface area contributed by atoms with Gasteiger partial charge in [0.1, 0.15) is 11.8 Å². The van der Waals surface area contributed by atoms with E-state index in [-0.39, 0.29) is 11.8 Å². The molecule has 114 valence electrons. The summed E-state index contributed by atoms with van der Waals surface area (Å²) >= 11 is 0. The van der Waals surface area contributed by atoms with Gasteiger partial charge in [-0.1, -0.05) is 6.07 Å². The van der Waals surface area contributed by atoms with Crippen LogP contribution in [0.15, 0.2) is 6.07 Å². The van der Waals surface area contributed by atoms with Gasteiger partial charge in [-0.15, -0.1) is 0 Å². The van der Waals surface area contributed by atoms with Crippen LogP contribution in [0.2, 0.25) is 0 Å². The van der Waals surface area contributed by atoms with E-state index in [2.05, 4.69) is 10.6 Å². The fourth-order valence-corrected chi connectivity index (χ4v) is 2.76. The summed E-state index contributed by atoms with van der Waals surface area (Å²) < 4.78 is 5.40. The highest BCUT2D eigenvalue weighted by Crippen LogP contribution is 2.28. The highest BCUT2D eigenvalue weighted by molar-refractivity contribution is 5.90. The summed E-state index contributed by atoms with van der Waals surface area (Å²) in [6.45, 7) is 6.50. The van der Waals surface area contributed by atoms with Gasteiger partial charge >= 0.3 is 0 Å². The lowest BCUT2D eigenvalue weighted by molar-refractivity contribution is -0.125. The number of benzene rings is 1. The Morgan fingerprint density at radius 1 is 1.38 bits per heavy atom. The first kappa shape index (κ1) is 15.4. The van der Waals surface area contributed by atoms with Crippen molar-refractivity contribution in [1.82, 2.24) is 10.6 Å². The molecule has 1 unspecified atom stereocenters. The van der Waals surface area contributed by atoms with Crippen molar-refractivity contribution in [3.63, 3.8) is 0 Å². The zero-order valence-corrected chi connectivity index (χ0v) is 13.0. The second-order valence-corrected chi connectivity index (χ2v) is 5.51. The van der Waals surface area contributed by atoms with Gasteiger partial charge in [-0.05, 0) is 49.4 Å². The van der Waals surface area contributed by atoms with Crippen LogP contribution in [0, 0.1) is 20.8 Å². The van der Waals surface area contributed by atoms with E-state index in [1.165, 1.54) is 0 Å². The Kier molecular flexibility index (Phi) is 4.50. The second kappa shape index (κ2) is 6.16. The van der Waals surface area contributed by atoms with E-state index in [0.29, 0.717) is 19.4 Å². The van der Waals surface area contributed by atoms with E-state index < -0.39 is 6.04 Å². The van der Waals surface area contributed by atoms with E-state index in [1.807, 2.05) is 26.8 Å². The standard InChI is InChI=1S/C16H22N2O3/c1-9-7-12(10(2)11(3)15(9)21-4)8-17-16(20)13-5-6-14(19)18-13/h7,13H,5-6,8H2,1-4H3,(H,17,20)(H,18,19). The quantitative estimate of drug-likeness (QED) is 0.883. The molecule has 21 heavy (non-hydrogen) atoms. The summed E-state index contributed by atoms with van der Waals surface area (Å²) in [5, 5.41) is 5.57. The van der Waals surface area contributed by atoms with Gasteiger partial charge in [0, 0.05) is 13.0 Å². The maximum Gasteiger partial charge on any atom is 0.242 e. The third kappa shape index (κ3) is 3.17. The fourth-order valence-electron chi connectivity index (χ4n) is 2.76. The molecule has 1 atom stereocenters. The zero-order chi connectivity index (χ0) is 15.6. The molecule has 2 rings (SSSR count). The number of ether oxygens (including phenoxy) is 1. The minimum Gasteiger partial charge on any atom is -0.496 e. The summed E-state index contributed by atoms with van der Waals surface area (Å²) in [6.07, 6.45) is 1.00. The van der Waals surface area contributed by atoms with Crippen LogP contribution in [0.1, 0.15) is 35.1 Å². The first-order chi connectivity index (χ1) is 9.93. The predicted octanol–water partition coefficient (Wildman–Crippen LogP) is 1.52. The number of hydrogen-bond acceptors (Lipinski definition) is 3. The Morgan fingerprint density at radius 3 is 2.67 bits per heavy atom. The second-order valence-electron chi connectivity index (χ2n) is 5.51. The van der Waals surface area contributed by atoms with Gasteiger partial charge in [0.2, 0.25) is 11.8 Å². The summed E-state index contributed by atoms with van der Waals surface area (Å²) in [5.74, 6) is 0.722. The molecule has 1 aromatic carbocycles. The summed E-state index contributed by atoms with van der Waals surface area (Å²) in [5.41, 5.74) is 4.34. The lowest BCUT2D eigenvalue weighted by atomic mass is 9.98. The molecule has 1 saturated heterocycles. The van der Waals surface area contributed by atoms with E-state index in [1.54, 1.807) is 7.11 Å². The van der Waals surface area contributed by atoms with Crippen LogP contribution in [0.5, 0.6) is 5.75 Å². The highest BCUT2D eigenvalue weighted by Gasteiger charge is 2.26. The molecule has 0 aliphatic carbocycles. The Balaban J connectivity index is 2.07. The number of rotatable bonds is 4. The van der Waals surface area contributed by atoms with Crippen LogP contribution in [0.4, 0.5) is 0 Å². The minimum atomic E-state index is -0.391. The van der Waals surface area contributed by atoms with Crippen LogP contribution in [-0.4, -0.2) is 25.0 Å². The van der Waals surface area contributed by atoms with Crippen LogP contribution in [0.3, 0.4) is 0 Å². The molecule has 1 heterocycles. The topological polar surface area (TPSA) is 67.4 Å². The van der Waals surface area contributed by atoms with Crippen LogP contribution in [0.25, 0.3) is 0 Å². The predicted molar refractivity (Wildman–Crippen MR) is 80.2 cm³/mol. The van der Waals surface area contributed by atoms with Crippen LogP contribution in [-0.2, 0) is 16.1 Å². The van der Waals surface area contributed by atoms with Gasteiger partial charge in [-0.25, -0.2) is 0 Å². The molecule has 5 heteroatoms. The molecule has 1 aliphatic heterocycles. The van der Waals surface area contributed by atoms with Gasteiger partial charge < -0.3 is 15.4 Å². The largest absolute Gasteiger partial charge is 0.496 e. The molecule has 0 spiro atoms. The molecular formula is C16H22N2O3. The molecule has 1 aromatic rings. The Hall–Kier alpha value is -2.04. The van der Waals surface area contributed by atoms with Gasteiger partial charge in [-0.3, -0.25) is 9.59 Å². The fraction of sp³-hybridized carbons (Fsp3) is 0.500. The maximum atomic E-state index is 12.0. The van der Waals surface area contributed by atoms with Gasteiger partial charge in [0.25, 0.3) is 0 Å². The number of carbonyl (C=O) groups excluding carboxylic acids is 2. The third-order valence-corrected chi connectivity index (χ3v) is 4.10. The van der Waals surface area contributed by atoms with Crippen LogP contribution >= 0.6 is 0 Å². The number of methoxy groups -OCH3 is 1. The minimum absolute atomic E-state index is 0.0533. The van der Waals surface area contributed by atoms with E-state index in [0.717, 1.165) is 28.0 Å². The third-order valence-electron chi connectivity index (χ3n) is 4.10. The van der Waals surface area contributed by atoms with Crippen molar-refractivity contribution in [2.24, 2.45) is 0 Å². The SMILES string of the molecule is COc1c(C)cc(CNC(=O)C2CCC(=O)N2)c(C)c1C. The Labute approximate surface area is 125 Å². The number of hydrogen-bond donors (Lipinski definition) is 2. The van der Waals surface area contributed by atoms with Crippen molar-refractivity contribution in [1.29, 1.82) is 0 Å². The average Bonchev–Trinajstić information content (AvgIpc) is 2.88. The summed E-state index contributed by atoms with van der Waals surface area (Å²) in [4.78, 5) is 23.2. The van der Waals surface area contributed by atoms with E-state index in [4.69, 9.17) is 4.74 Å². The first-order valence-electron chi connectivity index (χ1n) is 7.14. The van der Waals surface area contributed by atoms with Crippen LogP contribution < -0.4 is 15.4 Å². The number of carbonyl (C=O) groups is 2.